The average Bonchev–Trinajstić information content (AvgIpc) is 2.10. The van der Waals surface area contributed by atoms with Crippen molar-refractivity contribution in [3.05, 3.63) is 0 Å². The van der Waals surface area contributed by atoms with Gasteiger partial charge >= 0.3 is 31.3 Å². The van der Waals surface area contributed by atoms with Crippen LogP contribution in [0.1, 0.15) is 62.3 Å². The molecule has 0 aliphatic rings. The van der Waals surface area contributed by atoms with Gasteiger partial charge < -0.3 is 14.7 Å². The van der Waals surface area contributed by atoms with Crippen molar-refractivity contribution in [2.75, 3.05) is 0 Å². The molecule has 176 valence electrons. The first-order chi connectivity index (χ1) is 12.2. The Labute approximate surface area is 170 Å². The Morgan fingerprint density at radius 2 is 0.828 bits per heavy atom. The maximum absolute atomic E-state index is 13.2. The van der Waals surface area contributed by atoms with Gasteiger partial charge in [-0.3, -0.25) is 13.6 Å². The van der Waals surface area contributed by atoms with Gasteiger partial charge in [0.05, 0.1) is 16.8 Å². The number of rotatable bonds is 9. The first kappa shape index (κ1) is 29.6. The zero-order chi connectivity index (χ0) is 23.7. The lowest BCUT2D eigenvalue weighted by Crippen LogP contribution is -2.25. The fourth-order valence-electron chi connectivity index (χ4n) is 1.50. The normalized spacial score (nSPS) is 18.9. The first-order valence-corrected chi connectivity index (χ1v) is 14.0. The van der Waals surface area contributed by atoms with Crippen LogP contribution in [0, 0.1) is 0 Å². The highest BCUT2D eigenvalue weighted by Gasteiger charge is 2.51. The lowest BCUT2D eigenvalue weighted by Gasteiger charge is -2.33. The lowest BCUT2D eigenvalue weighted by atomic mass is 10.2. The molecule has 0 rings (SSSR count). The zero-order valence-electron chi connectivity index (χ0n) is 17.7. The Morgan fingerprint density at radius 3 is 1.10 bits per heavy atom. The molecule has 0 saturated carbocycles. The summed E-state index contributed by atoms with van der Waals surface area (Å²) in [5.41, 5.74) is -3.71. The van der Waals surface area contributed by atoms with E-state index in [0.29, 0.717) is 0 Å². The molecule has 0 aliphatic heterocycles. The molecule has 0 fully saturated rings. The van der Waals surface area contributed by atoms with Crippen molar-refractivity contribution in [2.24, 2.45) is 0 Å². The highest BCUT2D eigenvalue weighted by atomic mass is 31.3. The molecule has 0 amide bonds. The summed E-state index contributed by atoms with van der Waals surface area (Å²) in [5.74, 6) is 0. The highest BCUT2D eigenvalue weighted by molar-refractivity contribution is 7.70. The monoisotopic (exact) mass is 506 g/mol. The number of hydrogen-bond donors (Lipinski definition) is 3. The maximum Gasteiger partial charge on any atom is 0.493 e. The Balaban J connectivity index is 6.18. The van der Waals surface area contributed by atoms with E-state index in [-0.39, 0.29) is 0 Å². The average molecular weight is 506 g/mol. The second kappa shape index (κ2) is 9.20. The smallest absolute Gasteiger partial charge is 0.302 e. The Morgan fingerprint density at radius 1 is 0.517 bits per heavy atom. The molecule has 0 heterocycles. The molecule has 0 saturated heterocycles. The van der Waals surface area contributed by atoms with Gasteiger partial charge in [-0.1, -0.05) is 0 Å². The third kappa shape index (κ3) is 15.1. The lowest BCUT2D eigenvalue weighted by molar-refractivity contribution is 0.0103. The summed E-state index contributed by atoms with van der Waals surface area (Å²) in [6, 6.07) is 0. The predicted octanol–water partition coefficient (Wildman–Crippen LogP) is 4.89. The summed E-state index contributed by atoms with van der Waals surface area (Å²) in [5, 5.41) is 0. The van der Waals surface area contributed by atoms with E-state index in [1.165, 1.54) is 62.3 Å². The minimum atomic E-state index is -5.72. The maximum atomic E-state index is 13.2. The van der Waals surface area contributed by atoms with Crippen molar-refractivity contribution in [3.8, 4) is 0 Å². The van der Waals surface area contributed by atoms with Gasteiger partial charge in [-0.15, -0.1) is 0 Å². The highest BCUT2D eigenvalue weighted by Crippen LogP contribution is 2.75. The minimum absolute atomic E-state index is 1.17. The van der Waals surface area contributed by atoms with Crippen molar-refractivity contribution in [3.63, 3.8) is 0 Å². The van der Waals surface area contributed by atoms with Crippen LogP contribution in [-0.4, -0.2) is 31.5 Å². The van der Waals surface area contributed by atoms with Gasteiger partial charge in [-0.05, 0) is 62.3 Å². The predicted molar refractivity (Wildman–Crippen MR) is 103 cm³/mol. The van der Waals surface area contributed by atoms with Gasteiger partial charge in [0.2, 0.25) is 0 Å². The summed E-state index contributed by atoms with van der Waals surface area (Å²) >= 11 is 0. The van der Waals surface area contributed by atoms with Crippen LogP contribution in [0.3, 0.4) is 0 Å². The largest absolute Gasteiger partial charge is 0.493 e. The number of phosphoric ester groups is 1. The van der Waals surface area contributed by atoms with Gasteiger partial charge in [0.25, 0.3) is 0 Å². The molecule has 0 spiro atoms. The zero-order valence-corrected chi connectivity index (χ0v) is 21.3. The van der Waals surface area contributed by atoms with E-state index in [1.807, 2.05) is 0 Å². The SMILES string of the molecule is CC(C)(C)OP(=O)(OC(C)(C)C)OP(=O)(OC(C)(C)C)OP(=O)(O)OP(=O)(O)O. The standard InChI is InChI=1S/C12H30O13P4/c1-10(2,3)20-28(18,21-11(4,5)6)25-29(19,22-12(7,8)9)24-27(16,17)23-26(13,14)15/h1-9H3,(H,16,17)(H2,13,14,15). The van der Waals surface area contributed by atoms with Crippen LogP contribution >= 0.6 is 31.3 Å². The molecular formula is C12H30O13P4. The summed E-state index contributed by atoms with van der Waals surface area (Å²) < 4.78 is 77.2. The molecular weight excluding hydrogens is 476 g/mol. The molecule has 0 aromatic carbocycles. The molecule has 29 heavy (non-hydrogen) atoms. The van der Waals surface area contributed by atoms with Crippen LogP contribution in [0.25, 0.3) is 0 Å². The van der Waals surface area contributed by atoms with Crippen LogP contribution in [0.15, 0.2) is 0 Å². The minimum Gasteiger partial charge on any atom is -0.302 e. The third-order valence-corrected chi connectivity index (χ3v) is 8.99. The summed E-state index contributed by atoms with van der Waals surface area (Å²) in [7, 11) is -21.4. The Bertz CT molecular complexity index is 731. The molecule has 0 radical (unpaired) electrons. The van der Waals surface area contributed by atoms with Gasteiger partial charge in [-0.25, -0.2) is 18.3 Å². The Hall–Kier alpha value is 0.560. The quantitative estimate of drug-likeness (QED) is 0.359. The molecule has 0 bridgehead atoms. The van der Waals surface area contributed by atoms with Crippen molar-refractivity contribution in [1.29, 1.82) is 0 Å². The van der Waals surface area contributed by atoms with E-state index < -0.39 is 48.1 Å². The van der Waals surface area contributed by atoms with Crippen molar-refractivity contribution in [1.82, 2.24) is 0 Å². The summed E-state index contributed by atoms with van der Waals surface area (Å²) in [4.78, 5) is 27.0. The van der Waals surface area contributed by atoms with E-state index in [9.17, 15) is 23.2 Å². The van der Waals surface area contributed by atoms with E-state index >= 15 is 0 Å². The molecule has 2 unspecified atom stereocenters. The van der Waals surface area contributed by atoms with Gasteiger partial charge in [0.15, 0.2) is 0 Å². The molecule has 0 aromatic heterocycles. The molecule has 2 atom stereocenters. The van der Waals surface area contributed by atoms with Crippen molar-refractivity contribution >= 4 is 31.3 Å². The molecule has 0 aliphatic carbocycles. The second-order valence-electron chi connectivity index (χ2n) is 8.71. The van der Waals surface area contributed by atoms with Crippen LogP contribution in [0.2, 0.25) is 0 Å². The van der Waals surface area contributed by atoms with Crippen molar-refractivity contribution in [2.45, 2.75) is 79.1 Å². The number of hydrogen-bond acceptors (Lipinski definition) is 10. The molecule has 17 heteroatoms. The number of phosphoric acid groups is 4. The molecule has 13 nitrogen and oxygen atoms in total. The summed E-state index contributed by atoms with van der Waals surface area (Å²) in [6.45, 7) is 12.9. The summed E-state index contributed by atoms with van der Waals surface area (Å²) in [6.07, 6.45) is 0. The van der Waals surface area contributed by atoms with E-state index in [1.54, 1.807) is 0 Å². The third-order valence-electron chi connectivity index (χ3n) is 1.77. The van der Waals surface area contributed by atoms with E-state index in [4.69, 9.17) is 27.7 Å². The van der Waals surface area contributed by atoms with Crippen molar-refractivity contribution < 1.29 is 59.4 Å². The van der Waals surface area contributed by atoms with Gasteiger partial charge in [0, 0.05) is 0 Å². The first-order valence-electron chi connectivity index (χ1n) is 8.09. The van der Waals surface area contributed by atoms with Gasteiger partial charge in [0.1, 0.15) is 0 Å². The molecule has 3 N–H and O–H groups in total. The topological polar surface area (TPSA) is 184 Å². The van der Waals surface area contributed by atoms with E-state index in [2.05, 4.69) is 8.62 Å². The fraction of sp³-hybridized carbons (Fsp3) is 1.00. The van der Waals surface area contributed by atoms with E-state index in [0.717, 1.165) is 0 Å². The van der Waals surface area contributed by atoms with Crippen LogP contribution in [0.5, 0.6) is 0 Å². The van der Waals surface area contributed by atoms with Crippen LogP contribution in [-0.2, 0) is 44.8 Å². The Kier molecular flexibility index (Phi) is 9.38. The van der Waals surface area contributed by atoms with Gasteiger partial charge in [-0.2, -0.15) is 12.9 Å². The van der Waals surface area contributed by atoms with Crippen LogP contribution < -0.4 is 0 Å². The van der Waals surface area contributed by atoms with Crippen LogP contribution in [0.4, 0.5) is 0 Å². The second-order valence-corrected chi connectivity index (χ2v) is 14.9. The molecule has 0 aromatic rings. The fourth-order valence-corrected chi connectivity index (χ4v) is 7.93.